The maximum absolute atomic E-state index is 12.0. The predicted octanol–water partition coefficient (Wildman–Crippen LogP) is 1.39. The van der Waals surface area contributed by atoms with Crippen LogP contribution in [0.1, 0.15) is 43.0 Å². The Labute approximate surface area is 122 Å². The van der Waals surface area contributed by atoms with Gasteiger partial charge in [-0.3, -0.25) is 14.4 Å². The molecule has 0 aromatic carbocycles. The molecule has 2 rings (SSSR count). The van der Waals surface area contributed by atoms with Crippen molar-refractivity contribution in [2.45, 2.75) is 32.6 Å². The lowest BCUT2D eigenvalue weighted by molar-refractivity contribution is -0.151. The Morgan fingerprint density at radius 2 is 2.10 bits per heavy atom. The van der Waals surface area contributed by atoms with E-state index < -0.39 is 17.3 Å². The minimum atomic E-state index is -0.913. The van der Waals surface area contributed by atoms with Crippen molar-refractivity contribution < 1.29 is 14.7 Å². The minimum absolute atomic E-state index is 0.00205. The molecule has 0 aliphatic heterocycles. The van der Waals surface area contributed by atoms with Crippen molar-refractivity contribution in [2.75, 3.05) is 6.54 Å². The lowest BCUT2D eigenvalue weighted by Gasteiger charge is -2.35. The number of H-pyrrole nitrogens is 1. The van der Waals surface area contributed by atoms with Crippen LogP contribution < -0.4 is 10.7 Å². The Bertz CT molecular complexity index is 585. The number of rotatable bonds is 4. The molecule has 3 N–H and O–H groups in total. The Balaban J connectivity index is 2.06. The highest BCUT2D eigenvalue weighted by atomic mass is 16.4. The summed E-state index contributed by atoms with van der Waals surface area (Å²) in [6.45, 7) is 2.16. The molecule has 0 saturated heterocycles. The summed E-state index contributed by atoms with van der Waals surface area (Å²) in [5, 5.41) is 12.1. The third kappa shape index (κ3) is 3.32. The number of carbonyl (C=O) groups excluding carboxylic acids is 1. The number of carboxylic acid groups (broad SMARTS) is 1. The molecule has 0 atom stereocenters. The van der Waals surface area contributed by atoms with Gasteiger partial charge in [0.2, 0.25) is 0 Å². The number of carboxylic acids is 1. The molecule has 0 unspecified atom stereocenters. The second kappa shape index (κ2) is 6.11. The van der Waals surface area contributed by atoms with E-state index in [0.29, 0.717) is 18.8 Å². The standard InChI is InChI=1S/C15H20N2O4/c1-10-2-5-15(6-3-10,14(20)21)9-17-13(19)11-8-16-7-4-12(11)18/h4,7-8,10H,2-3,5-6,9H2,1H3,(H,16,18)(H,17,19)(H,20,21). The summed E-state index contributed by atoms with van der Waals surface area (Å²) in [4.78, 5) is 37.8. The normalized spacial score (nSPS) is 25.3. The summed E-state index contributed by atoms with van der Waals surface area (Å²) in [5.74, 6) is -0.891. The molecule has 1 aromatic heterocycles. The van der Waals surface area contributed by atoms with Gasteiger partial charge >= 0.3 is 5.97 Å². The lowest BCUT2D eigenvalue weighted by atomic mass is 9.71. The van der Waals surface area contributed by atoms with Crippen LogP contribution in [0.3, 0.4) is 0 Å². The van der Waals surface area contributed by atoms with E-state index in [2.05, 4.69) is 17.2 Å². The van der Waals surface area contributed by atoms with Crippen molar-refractivity contribution in [1.29, 1.82) is 0 Å². The van der Waals surface area contributed by atoms with Gasteiger partial charge in [-0.05, 0) is 31.6 Å². The van der Waals surface area contributed by atoms with Crippen molar-refractivity contribution in [2.24, 2.45) is 11.3 Å². The zero-order valence-corrected chi connectivity index (χ0v) is 12.0. The molecule has 1 aliphatic carbocycles. The maximum atomic E-state index is 12.0. The molecule has 1 amide bonds. The summed E-state index contributed by atoms with van der Waals surface area (Å²) in [6, 6.07) is 1.27. The fourth-order valence-electron chi connectivity index (χ4n) is 2.72. The molecule has 0 bridgehead atoms. The van der Waals surface area contributed by atoms with Crippen molar-refractivity contribution in [3.8, 4) is 0 Å². The van der Waals surface area contributed by atoms with Gasteiger partial charge in [-0.1, -0.05) is 6.92 Å². The van der Waals surface area contributed by atoms with E-state index in [0.717, 1.165) is 12.8 Å². The average molecular weight is 292 g/mol. The number of aromatic amines is 1. The summed E-state index contributed by atoms with van der Waals surface area (Å²) in [6.07, 6.45) is 5.56. The first-order valence-corrected chi connectivity index (χ1v) is 7.13. The molecule has 1 fully saturated rings. The number of hydrogen-bond acceptors (Lipinski definition) is 3. The third-order valence-electron chi connectivity index (χ3n) is 4.34. The summed E-state index contributed by atoms with van der Waals surface area (Å²) >= 11 is 0. The smallest absolute Gasteiger partial charge is 0.311 e. The van der Waals surface area contributed by atoms with Gasteiger partial charge in [-0.2, -0.15) is 0 Å². The van der Waals surface area contributed by atoms with E-state index in [-0.39, 0.29) is 17.5 Å². The molecule has 6 heteroatoms. The van der Waals surface area contributed by atoms with Crippen LogP contribution in [0.4, 0.5) is 0 Å². The van der Waals surface area contributed by atoms with Crippen LogP contribution in [0, 0.1) is 11.3 Å². The van der Waals surface area contributed by atoms with Gasteiger partial charge in [0.1, 0.15) is 5.56 Å². The highest BCUT2D eigenvalue weighted by molar-refractivity contribution is 5.94. The quantitative estimate of drug-likeness (QED) is 0.780. The van der Waals surface area contributed by atoms with E-state index in [1.54, 1.807) is 0 Å². The second-order valence-electron chi connectivity index (χ2n) is 5.87. The van der Waals surface area contributed by atoms with E-state index in [1.165, 1.54) is 18.5 Å². The monoisotopic (exact) mass is 292 g/mol. The predicted molar refractivity (Wildman–Crippen MR) is 77.1 cm³/mol. The number of aliphatic carboxylic acids is 1. The van der Waals surface area contributed by atoms with Crippen LogP contribution in [0.2, 0.25) is 0 Å². The highest BCUT2D eigenvalue weighted by Gasteiger charge is 2.41. The fourth-order valence-corrected chi connectivity index (χ4v) is 2.72. The lowest BCUT2D eigenvalue weighted by Crippen LogP contribution is -2.45. The highest BCUT2D eigenvalue weighted by Crippen LogP contribution is 2.38. The van der Waals surface area contributed by atoms with Crippen LogP contribution in [0.15, 0.2) is 23.3 Å². The number of hydrogen-bond donors (Lipinski definition) is 3. The molecule has 21 heavy (non-hydrogen) atoms. The minimum Gasteiger partial charge on any atom is -0.481 e. The average Bonchev–Trinajstić information content (AvgIpc) is 2.47. The topological polar surface area (TPSA) is 99.3 Å². The van der Waals surface area contributed by atoms with Gasteiger partial charge in [0.15, 0.2) is 5.43 Å². The third-order valence-corrected chi connectivity index (χ3v) is 4.34. The van der Waals surface area contributed by atoms with E-state index in [4.69, 9.17) is 0 Å². The molecule has 0 spiro atoms. The Hall–Kier alpha value is -2.11. The van der Waals surface area contributed by atoms with Crippen LogP contribution in [-0.2, 0) is 4.79 Å². The van der Waals surface area contributed by atoms with E-state index in [9.17, 15) is 19.5 Å². The van der Waals surface area contributed by atoms with Crippen LogP contribution >= 0.6 is 0 Å². The van der Waals surface area contributed by atoms with Crippen LogP contribution in [0.25, 0.3) is 0 Å². The van der Waals surface area contributed by atoms with Gasteiger partial charge in [-0.15, -0.1) is 0 Å². The number of aromatic nitrogens is 1. The molecular weight excluding hydrogens is 272 g/mol. The largest absolute Gasteiger partial charge is 0.481 e. The summed E-state index contributed by atoms with van der Waals surface area (Å²) < 4.78 is 0. The van der Waals surface area contributed by atoms with Gasteiger partial charge in [0, 0.05) is 25.0 Å². The molecule has 6 nitrogen and oxygen atoms in total. The van der Waals surface area contributed by atoms with Crippen molar-refractivity contribution in [3.63, 3.8) is 0 Å². The molecule has 1 heterocycles. The van der Waals surface area contributed by atoms with Gasteiger partial charge in [0.25, 0.3) is 5.91 Å². The molecule has 1 aromatic rings. The Kier molecular flexibility index (Phi) is 4.45. The summed E-state index contributed by atoms with van der Waals surface area (Å²) in [5.41, 5.74) is -1.29. The zero-order valence-electron chi connectivity index (χ0n) is 12.0. The molecule has 114 valence electrons. The van der Waals surface area contributed by atoms with Crippen molar-refractivity contribution >= 4 is 11.9 Å². The van der Waals surface area contributed by atoms with E-state index in [1.807, 2.05) is 0 Å². The number of pyridine rings is 1. The zero-order chi connectivity index (χ0) is 15.5. The fraction of sp³-hybridized carbons (Fsp3) is 0.533. The van der Waals surface area contributed by atoms with Crippen molar-refractivity contribution in [1.82, 2.24) is 10.3 Å². The van der Waals surface area contributed by atoms with Gasteiger partial charge in [0.05, 0.1) is 5.41 Å². The van der Waals surface area contributed by atoms with Gasteiger partial charge in [-0.25, -0.2) is 0 Å². The second-order valence-corrected chi connectivity index (χ2v) is 5.87. The molecular formula is C15H20N2O4. The Morgan fingerprint density at radius 3 is 2.67 bits per heavy atom. The SMILES string of the molecule is CC1CCC(CNC(=O)c2c[nH]ccc2=O)(C(=O)O)CC1. The molecule has 0 radical (unpaired) electrons. The Morgan fingerprint density at radius 1 is 1.43 bits per heavy atom. The van der Waals surface area contributed by atoms with Crippen LogP contribution in [-0.4, -0.2) is 28.5 Å². The first kappa shape index (κ1) is 15.3. The van der Waals surface area contributed by atoms with Crippen LogP contribution in [0.5, 0.6) is 0 Å². The maximum Gasteiger partial charge on any atom is 0.311 e. The number of nitrogens with one attached hydrogen (secondary N) is 2. The van der Waals surface area contributed by atoms with Gasteiger partial charge < -0.3 is 15.4 Å². The number of amides is 1. The van der Waals surface area contributed by atoms with E-state index >= 15 is 0 Å². The van der Waals surface area contributed by atoms with Crippen molar-refractivity contribution in [3.05, 3.63) is 34.2 Å². The first-order chi connectivity index (χ1) is 9.94. The summed E-state index contributed by atoms with van der Waals surface area (Å²) in [7, 11) is 0. The number of carbonyl (C=O) groups is 2. The molecule has 1 saturated carbocycles. The first-order valence-electron chi connectivity index (χ1n) is 7.13. The molecule has 1 aliphatic rings.